The number of carbonyl (C=O) groups is 1. The molecule has 3 aromatic rings. The van der Waals surface area contributed by atoms with Gasteiger partial charge in [0.15, 0.2) is 0 Å². The molecule has 0 spiro atoms. The molecule has 0 aliphatic heterocycles. The van der Waals surface area contributed by atoms with E-state index in [0.29, 0.717) is 12.1 Å². The predicted octanol–water partition coefficient (Wildman–Crippen LogP) is 3.03. The van der Waals surface area contributed by atoms with E-state index in [-0.39, 0.29) is 23.1 Å². The summed E-state index contributed by atoms with van der Waals surface area (Å²) in [6.07, 6.45) is 3.81. The highest BCUT2D eigenvalue weighted by Gasteiger charge is 2.27. The Bertz CT molecular complexity index is 952. The average molecular weight is 339 g/mol. The second-order valence-electron chi connectivity index (χ2n) is 6.08. The minimum absolute atomic E-state index is 0.195. The number of amides is 1. The van der Waals surface area contributed by atoms with Gasteiger partial charge in [-0.2, -0.15) is 0 Å². The van der Waals surface area contributed by atoms with Gasteiger partial charge in [0.1, 0.15) is 10.6 Å². The lowest BCUT2D eigenvalue weighted by atomic mass is 10.1. The van der Waals surface area contributed by atoms with Crippen LogP contribution in [0.4, 0.5) is 0 Å². The maximum Gasteiger partial charge on any atom is 0.263 e. The number of rotatable bonds is 4. The zero-order chi connectivity index (χ0) is 16.7. The maximum absolute atomic E-state index is 12.6. The van der Waals surface area contributed by atoms with E-state index in [1.807, 2.05) is 30.3 Å². The Labute approximate surface area is 143 Å². The van der Waals surface area contributed by atoms with E-state index in [1.165, 1.54) is 0 Å². The molecule has 0 bridgehead atoms. The number of aromatic nitrogens is 2. The van der Waals surface area contributed by atoms with Crippen LogP contribution >= 0.6 is 11.3 Å². The molecule has 1 saturated carbocycles. The standard InChI is InChI=1S/C18H17N3O2S/c1-11-8-9-21(12-6-7-12)18(23)16(11)17(22)19-10-15-20-13-4-2-3-5-14(13)24-15/h2-5,8-9,12H,6-7,10H2,1H3,(H,19,22). The van der Waals surface area contributed by atoms with E-state index < -0.39 is 0 Å². The SMILES string of the molecule is Cc1ccn(C2CC2)c(=O)c1C(=O)NCc1nc2ccccc2s1. The molecule has 0 radical (unpaired) electrons. The number of fused-ring (bicyclic) bond motifs is 1. The minimum atomic E-state index is -0.327. The molecule has 0 saturated heterocycles. The first-order chi connectivity index (χ1) is 11.6. The van der Waals surface area contributed by atoms with Crippen molar-refractivity contribution >= 4 is 27.5 Å². The average Bonchev–Trinajstić information content (AvgIpc) is 3.31. The van der Waals surface area contributed by atoms with Crippen molar-refractivity contribution in [2.45, 2.75) is 32.4 Å². The summed E-state index contributed by atoms with van der Waals surface area (Å²) in [6.45, 7) is 2.13. The molecule has 4 rings (SSSR count). The Morgan fingerprint density at radius 3 is 2.88 bits per heavy atom. The van der Waals surface area contributed by atoms with Gasteiger partial charge in [-0.25, -0.2) is 4.98 Å². The summed E-state index contributed by atoms with van der Waals surface area (Å²) in [7, 11) is 0. The minimum Gasteiger partial charge on any atom is -0.345 e. The Hall–Kier alpha value is -2.47. The molecule has 1 aromatic carbocycles. The molecule has 1 N–H and O–H groups in total. The lowest BCUT2D eigenvalue weighted by Crippen LogP contribution is -2.33. The van der Waals surface area contributed by atoms with Gasteiger partial charge in [0.05, 0.1) is 16.8 Å². The number of thiazole rings is 1. The van der Waals surface area contributed by atoms with Crippen LogP contribution in [0.3, 0.4) is 0 Å². The first-order valence-electron chi connectivity index (χ1n) is 7.98. The van der Waals surface area contributed by atoms with Crippen molar-refractivity contribution in [1.82, 2.24) is 14.9 Å². The molecule has 5 nitrogen and oxygen atoms in total. The fourth-order valence-corrected chi connectivity index (χ4v) is 3.70. The van der Waals surface area contributed by atoms with Crippen molar-refractivity contribution in [2.24, 2.45) is 0 Å². The van der Waals surface area contributed by atoms with Crippen molar-refractivity contribution in [1.29, 1.82) is 0 Å². The van der Waals surface area contributed by atoms with Crippen molar-refractivity contribution in [2.75, 3.05) is 0 Å². The second kappa shape index (κ2) is 5.87. The molecule has 122 valence electrons. The molecule has 2 aromatic heterocycles. The second-order valence-corrected chi connectivity index (χ2v) is 7.19. The van der Waals surface area contributed by atoms with E-state index in [1.54, 1.807) is 29.0 Å². The van der Waals surface area contributed by atoms with Crippen LogP contribution in [0.25, 0.3) is 10.2 Å². The number of hydrogen-bond acceptors (Lipinski definition) is 4. The highest BCUT2D eigenvalue weighted by atomic mass is 32.1. The van der Waals surface area contributed by atoms with Gasteiger partial charge in [-0.1, -0.05) is 12.1 Å². The molecule has 1 amide bonds. The van der Waals surface area contributed by atoms with E-state index in [9.17, 15) is 9.59 Å². The largest absolute Gasteiger partial charge is 0.345 e. The van der Waals surface area contributed by atoms with Gasteiger partial charge in [0.25, 0.3) is 11.5 Å². The number of aryl methyl sites for hydroxylation is 1. The third-order valence-electron chi connectivity index (χ3n) is 4.23. The Morgan fingerprint density at radius 1 is 1.33 bits per heavy atom. The number of benzene rings is 1. The van der Waals surface area contributed by atoms with E-state index >= 15 is 0 Å². The Kier molecular flexibility index (Phi) is 3.69. The molecule has 0 unspecified atom stereocenters. The summed E-state index contributed by atoms with van der Waals surface area (Å²) in [5.74, 6) is -0.327. The highest BCUT2D eigenvalue weighted by Crippen LogP contribution is 2.33. The molecular formula is C18H17N3O2S. The monoisotopic (exact) mass is 339 g/mol. The smallest absolute Gasteiger partial charge is 0.263 e. The predicted molar refractivity (Wildman–Crippen MR) is 94.5 cm³/mol. The van der Waals surface area contributed by atoms with Crippen molar-refractivity contribution in [3.63, 3.8) is 0 Å². The lowest BCUT2D eigenvalue weighted by molar-refractivity contribution is 0.0948. The van der Waals surface area contributed by atoms with Crippen LogP contribution in [0.5, 0.6) is 0 Å². The summed E-state index contributed by atoms with van der Waals surface area (Å²) in [5.41, 5.74) is 1.68. The van der Waals surface area contributed by atoms with Gasteiger partial charge in [-0.05, 0) is 43.5 Å². The van der Waals surface area contributed by atoms with E-state index in [2.05, 4.69) is 10.3 Å². The molecule has 1 aliphatic rings. The molecule has 0 atom stereocenters. The summed E-state index contributed by atoms with van der Waals surface area (Å²) < 4.78 is 2.77. The number of pyridine rings is 1. The topological polar surface area (TPSA) is 64.0 Å². The fraction of sp³-hybridized carbons (Fsp3) is 0.278. The molecule has 24 heavy (non-hydrogen) atoms. The van der Waals surface area contributed by atoms with Crippen molar-refractivity contribution < 1.29 is 4.79 Å². The van der Waals surface area contributed by atoms with Crippen molar-refractivity contribution in [3.8, 4) is 0 Å². The normalized spacial score (nSPS) is 14.0. The number of para-hydroxylation sites is 1. The van der Waals surface area contributed by atoms with Gasteiger partial charge in [0.2, 0.25) is 0 Å². The van der Waals surface area contributed by atoms with E-state index in [4.69, 9.17) is 0 Å². The van der Waals surface area contributed by atoms with Crippen LogP contribution in [0, 0.1) is 6.92 Å². The number of nitrogens with zero attached hydrogens (tertiary/aromatic N) is 2. The van der Waals surface area contributed by atoms with Crippen LogP contribution in [0.15, 0.2) is 41.3 Å². The summed E-state index contributed by atoms with van der Waals surface area (Å²) >= 11 is 1.55. The lowest BCUT2D eigenvalue weighted by Gasteiger charge is -2.09. The Balaban J connectivity index is 1.56. The number of hydrogen-bond donors (Lipinski definition) is 1. The van der Waals surface area contributed by atoms with Crippen LogP contribution < -0.4 is 10.9 Å². The maximum atomic E-state index is 12.6. The van der Waals surface area contributed by atoms with E-state index in [0.717, 1.165) is 28.1 Å². The number of nitrogens with one attached hydrogen (secondary N) is 1. The third-order valence-corrected chi connectivity index (χ3v) is 5.27. The summed E-state index contributed by atoms with van der Waals surface area (Å²) in [5, 5.41) is 3.67. The zero-order valence-corrected chi connectivity index (χ0v) is 14.1. The number of carbonyl (C=O) groups excluding carboxylic acids is 1. The first kappa shape index (κ1) is 15.1. The van der Waals surface area contributed by atoms with Gasteiger partial charge < -0.3 is 9.88 Å². The van der Waals surface area contributed by atoms with Crippen LogP contribution in [0.1, 0.15) is 39.8 Å². The molecule has 2 heterocycles. The van der Waals surface area contributed by atoms with Gasteiger partial charge in [-0.15, -0.1) is 11.3 Å². The Morgan fingerprint density at radius 2 is 2.12 bits per heavy atom. The molecular weight excluding hydrogens is 322 g/mol. The van der Waals surface area contributed by atoms with Gasteiger partial charge in [0, 0.05) is 12.2 Å². The van der Waals surface area contributed by atoms with Gasteiger partial charge in [-0.3, -0.25) is 9.59 Å². The van der Waals surface area contributed by atoms with Gasteiger partial charge >= 0.3 is 0 Å². The van der Waals surface area contributed by atoms with Crippen molar-refractivity contribution in [3.05, 3.63) is 63.0 Å². The molecule has 6 heteroatoms. The fourth-order valence-electron chi connectivity index (χ4n) is 2.80. The first-order valence-corrected chi connectivity index (χ1v) is 8.79. The van der Waals surface area contributed by atoms with Crippen LogP contribution in [-0.2, 0) is 6.54 Å². The highest BCUT2D eigenvalue weighted by molar-refractivity contribution is 7.18. The summed E-state index contributed by atoms with van der Waals surface area (Å²) in [6, 6.07) is 9.97. The quantitative estimate of drug-likeness (QED) is 0.795. The zero-order valence-electron chi connectivity index (χ0n) is 13.3. The third kappa shape index (κ3) is 2.73. The molecule has 1 aliphatic carbocycles. The van der Waals surface area contributed by atoms with Crippen LogP contribution in [-0.4, -0.2) is 15.5 Å². The summed E-state index contributed by atoms with van der Waals surface area (Å²) in [4.78, 5) is 29.6. The van der Waals surface area contributed by atoms with Crippen LogP contribution in [0.2, 0.25) is 0 Å². The molecule has 1 fully saturated rings.